The highest BCUT2D eigenvalue weighted by molar-refractivity contribution is 6.46. The van der Waals surface area contributed by atoms with E-state index in [1.165, 1.54) is 19.1 Å². The second kappa shape index (κ2) is 10.3. The molecule has 1 saturated heterocycles. The minimum absolute atomic E-state index is 0.0141. The maximum atomic E-state index is 13.1. The zero-order valence-electron chi connectivity index (χ0n) is 18.9. The Morgan fingerprint density at radius 2 is 1.88 bits per heavy atom. The van der Waals surface area contributed by atoms with E-state index in [0.29, 0.717) is 30.3 Å². The lowest BCUT2D eigenvalue weighted by Crippen LogP contribution is -2.38. The van der Waals surface area contributed by atoms with Crippen LogP contribution < -0.4 is 9.47 Å². The third-order valence-electron chi connectivity index (χ3n) is 5.72. The number of ether oxygens (including phenoxy) is 2. The third kappa shape index (κ3) is 4.45. The van der Waals surface area contributed by atoms with Crippen molar-refractivity contribution in [3.05, 3.63) is 59.4 Å². The van der Waals surface area contributed by atoms with Gasteiger partial charge in [-0.1, -0.05) is 19.9 Å². The molecule has 3 rings (SSSR count). The van der Waals surface area contributed by atoms with Gasteiger partial charge in [0.2, 0.25) is 0 Å². The Kier molecular flexibility index (Phi) is 7.48. The molecule has 0 spiro atoms. The number of methoxy groups -OCH3 is 2. The van der Waals surface area contributed by atoms with Crippen molar-refractivity contribution >= 4 is 17.4 Å². The fraction of sp³-hybridized carbons (Fsp3) is 0.375. The van der Waals surface area contributed by atoms with Crippen molar-refractivity contribution in [3.8, 4) is 11.5 Å². The monoisotopic (exact) mass is 439 g/mol. The standard InChI is InChI=1S/C24H29N3O5/c1-5-26(6-2)13-14-27-21(18-9-7-8-12-25-18)20(23(29)24(27)30)22(28)17-15-16(31-3)10-11-19(17)32-4/h7-12,15,21,28H,5-6,13-14H2,1-4H3/b22-20+. The topological polar surface area (TPSA) is 92.2 Å². The molecular formula is C24H29N3O5. The van der Waals surface area contributed by atoms with Crippen LogP contribution in [0, 0.1) is 0 Å². The highest BCUT2D eigenvalue weighted by atomic mass is 16.5. The second-order valence-electron chi connectivity index (χ2n) is 7.34. The summed E-state index contributed by atoms with van der Waals surface area (Å²) < 4.78 is 10.6. The van der Waals surface area contributed by atoms with Crippen molar-refractivity contribution < 1.29 is 24.2 Å². The van der Waals surface area contributed by atoms with E-state index in [9.17, 15) is 14.7 Å². The van der Waals surface area contributed by atoms with Crippen LogP contribution >= 0.6 is 0 Å². The molecule has 1 unspecified atom stereocenters. The summed E-state index contributed by atoms with van der Waals surface area (Å²) in [6.45, 7) is 6.68. The van der Waals surface area contributed by atoms with Crippen LogP contribution in [0.1, 0.15) is 31.1 Å². The van der Waals surface area contributed by atoms with Gasteiger partial charge >= 0.3 is 0 Å². The van der Waals surface area contributed by atoms with Gasteiger partial charge in [-0.15, -0.1) is 0 Å². The first-order valence-corrected chi connectivity index (χ1v) is 10.6. The Bertz CT molecular complexity index is 1000. The molecule has 1 aliphatic heterocycles. The number of amides is 1. The Morgan fingerprint density at radius 1 is 1.12 bits per heavy atom. The van der Waals surface area contributed by atoms with Crippen LogP contribution in [-0.2, 0) is 9.59 Å². The first kappa shape index (κ1) is 23.3. The summed E-state index contributed by atoms with van der Waals surface area (Å²) in [7, 11) is 2.98. The largest absolute Gasteiger partial charge is 0.507 e. The van der Waals surface area contributed by atoms with Gasteiger partial charge in [0, 0.05) is 19.3 Å². The molecule has 2 aromatic rings. The smallest absolute Gasteiger partial charge is 0.295 e. The number of likely N-dealkylation sites (tertiary alicyclic amines) is 1. The van der Waals surface area contributed by atoms with Crippen LogP contribution in [0.5, 0.6) is 11.5 Å². The molecule has 170 valence electrons. The average molecular weight is 440 g/mol. The van der Waals surface area contributed by atoms with E-state index in [1.54, 1.807) is 42.6 Å². The number of aromatic nitrogens is 1. The average Bonchev–Trinajstić information content (AvgIpc) is 3.09. The van der Waals surface area contributed by atoms with Gasteiger partial charge in [0.25, 0.3) is 11.7 Å². The summed E-state index contributed by atoms with van der Waals surface area (Å²) in [5.41, 5.74) is 0.768. The first-order valence-electron chi connectivity index (χ1n) is 10.6. The number of likely N-dealkylation sites (N-methyl/N-ethyl adjacent to an activating group) is 1. The maximum absolute atomic E-state index is 13.1. The van der Waals surface area contributed by atoms with Crippen LogP contribution in [0.25, 0.3) is 5.76 Å². The minimum atomic E-state index is -0.803. The summed E-state index contributed by atoms with van der Waals surface area (Å²) in [6, 6.07) is 9.40. The van der Waals surface area contributed by atoms with Crippen molar-refractivity contribution in [2.45, 2.75) is 19.9 Å². The number of Topliss-reactive ketones (excluding diaryl/α,β-unsaturated/α-hetero) is 1. The lowest BCUT2D eigenvalue weighted by Gasteiger charge is -2.27. The van der Waals surface area contributed by atoms with Crippen molar-refractivity contribution in [2.75, 3.05) is 40.4 Å². The molecule has 0 radical (unpaired) electrons. The third-order valence-corrected chi connectivity index (χ3v) is 5.72. The summed E-state index contributed by atoms with van der Waals surface area (Å²) in [5, 5.41) is 11.3. The number of nitrogens with zero attached hydrogens (tertiary/aromatic N) is 3. The van der Waals surface area contributed by atoms with Gasteiger partial charge in [0.05, 0.1) is 31.1 Å². The summed E-state index contributed by atoms with van der Waals surface area (Å²) in [4.78, 5) is 34.2. The van der Waals surface area contributed by atoms with Crippen molar-refractivity contribution in [3.63, 3.8) is 0 Å². The maximum Gasteiger partial charge on any atom is 0.295 e. The molecule has 32 heavy (non-hydrogen) atoms. The van der Waals surface area contributed by atoms with Crippen LogP contribution in [0.2, 0.25) is 0 Å². The quantitative estimate of drug-likeness (QED) is 0.365. The van der Waals surface area contributed by atoms with Crippen molar-refractivity contribution in [2.24, 2.45) is 0 Å². The van der Waals surface area contributed by atoms with E-state index < -0.39 is 17.7 Å². The molecule has 2 heterocycles. The normalized spacial score (nSPS) is 17.8. The molecule has 1 atom stereocenters. The number of rotatable bonds is 9. The first-order chi connectivity index (χ1) is 15.5. The molecule has 1 N–H and O–H groups in total. The number of aliphatic hydroxyl groups excluding tert-OH is 1. The number of ketones is 1. The van der Waals surface area contributed by atoms with Gasteiger partial charge in [-0.05, 0) is 43.4 Å². The number of benzene rings is 1. The van der Waals surface area contributed by atoms with Crippen LogP contribution in [-0.4, -0.2) is 72.0 Å². The summed E-state index contributed by atoms with van der Waals surface area (Å²) in [5.74, 6) is -0.881. The van der Waals surface area contributed by atoms with E-state index >= 15 is 0 Å². The lowest BCUT2D eigenvalue weighted by atomic mass is 9.97. The number of carbonyl (C=O) groups is 2. The van der Waals surface area contributed by atoms with Crippen LogP contribution in [0.3, 0.4) is 0 Å². The second-order valence-corrected chi connectivity index (χ2v) is 7.34. The predicted octanol–water partition coefficient (Wildman–Crippen LogP) is 2.86. The van der Waals surface area contributed by atoms with Gasteiger partial charge in [-0.2, -0.15) is 0 Å². The molecule has 1 fully saturated rings. The predicted molar refractivity (Wildman–Crippen MR) is 121 cm³/mol. The van der Waals surface area contributed by atoms with E-state index in [1.807, 2.05) is 13.8 Å². The minimum Gasteiger partial charge on any atom is -0.507 e. The molecule has 8 heteroatoms. The molecule has 0 aliphatic carbocycles. The molecule has 1 amide bonds. The van der Waals surface area contributed by atoms with Crippen LogP contribution in [0.15, 0.2) is 48.2 Å². The zero-order chi connectivity index (χ0) is 23.3. The molecule has 1 aromatic heterocycles. The number of aliphatic hydroxyl groups is 1. The molecule has 1 aromatic carbocycles. The Hall–Kier alpha value is -3.39. The van der Waals surface area contributed by atoms with Crippen LogP contribution in [0.4, 0.5) is 0 Å². The Balaban J connectivity index is 2.15. The fourth-order valence-corrected chi connectivity index (χ4v) is 3.89. The van der Waals surface area contributed by atoms with E-state index in [2.05, 4.69) is 9.88 Å². The fourth-order valence-electron chi connectivity index (χ4n) is 3.89. The molecular weight excluding hydrogens is 410 g/mol. The highest BCUT2D eigenvalue weighted by Gasteiger charge is 2.46. The van der Waals surface area contributed by atoms with E-state index in [-0.39, 0.29) is 16.9 Å². The SMILES string of the molecule is CCN(CC)CCN1C(=O)C(=O)/C(=C(/O)c2cc(OC)ccc2OC)C1c1ccccn1. The van der Waals surface area contributed by atoms with Gasteiger partial charge in [-0.25, -0.2) is 0 Å². The van der Waals surface area contributed by atoms with Crippen molar-refractivity contribution in [1.29, 1.82) is 0 Å². The van der Waals surface area contributed by atoms with Crippen molar-refractivity contribution in [1.82, 2.24) is 14.8 Å². The Labute approximate surface area is 188 Å². The molecule has 0 bridgehead atoms. The summed E-state index contributed by atoms with van der Waals surface area (Å²) in [6.07, 6.45) is 1.60. The Morgan fingerprint density at radius 3 is 2.47 bits per heavy atom. The summed E-state index contributed by atoms with van der Waals surface area (Å²) >= 11 is 0. The van der Waals surface area contributed by atoms with E-state index in [0.717, 1.165) is 13.1 Å². The molecule has 0 saturated carbocycles. The lowest BCUT2D eigenvalue weighted by molar-refractivity contribution is -0.140. The van der Waals surface area contributed by atoms with Gasteiger partial charge in [-0.3, -0.25) is 14.6 Å². The molecule has 8 nitrogen and oxygen atoms in total. The number of hydrogen-bond acceptors (Lipinski definition) is 7. The van der Waals surface area contributed by atoms with E-state index in [4.69, 9.17) is 9.47 Å². The number of hydrogen-bond donors (Lipinski definition) is 1. The van der Waals surface area contributed by atoms with Gasteiger partial charge in [0.1, 0.15) is 23.3 Å². The number of pyridine rings is 1. The molecule has 1 aliphatic rings. The highest BCUT2D eigenvalue weighted by Crippen LogP contribution is 2.40. The number of carbonyl (C=O) groups excluding carboxylic acids is 2. The van der Waals surface area contributed by atoms with Gasteiger partial charge < -0.3 is 24.4 Å². The zero-order valence-corrected chi connectivity index (χ0v) is 18.9. The van der Waals surface area contributed by atoms with Gasteiger partial charge in [0.15, 0.2) is 0 Å².